The minimum absolute atomic E-state index is 0.0119. The van der Waals surface area contributed by atoms with Crippen LogP contribution in [0.5, 0.6) is 5.75 Å². The summed E-state index contributed by atoms with van der Waals surface area (Å²) in [6, 6.07) is 4.00. The standard InChI is InChI=1S/C15H17FN2OS/c1-15(2)6-11(17)13-12(7-15)18-14(20-13)8-3-9(16)5-10(19)4-8/h3-5,11,19H,6-7,17H2,1-2H3. The number of aromatic nitrogens is 1. The van der Waals surface area contributed by atoms with E-state index in [0.717, 1.165) is 34.5 Å². The third-order valence-corrected chi connectivity index (χ3v) is 4.89. The Morgan fingerprint density at radius 2 is 2.15 bits per heavy atom. The number of phenols is 1. The van der Waals surface area contributed by atoms with Crippen LogP contribution in [0.2, 0.25) is 0 Å². The molecule has 0 saturated heterocycles. The van der Waals surface area contributed by atoms with E-state index in [9.17, 15) is 9.50 Å². The maximum absolute atomic E-state index is 13.4. The quantitative estimate of drug-likeness (QED) is 0.844. The molecule has 3 N–H and O–H groups in total. The summed E-state index contributed by atoms with van der Waals surface area (Å²) in [4.78, 5) is 5.70. The van der Waals surface area contributed by atoms with Crippen molar-refractivity contribution < 1.29 is 9.50 Å². The number of phenolic OH excluding ortho intramolecular Hbond substituents is 1. The van der Waals surface area contributed by atoms with Crippen molar-refractivity contribution in [2.24, 2.45) is 11.1 Å². The fourth-order valence-corrected chi connectivity index (χ4v) is 3.88. The van der Waals surface area contributed by atoms with Gasteiger partial charge in [0.25, 0.3) is 0 Å². The van der Waals surface area contributed by atoms with Gasteiger partial charge in [0, 0.05) is 22.5 Å². The molecule has 1 aromatic heterocycles. The molecule has 3 nitrogen and oxygen atoms in total. The maximum Gasteiger partial charge on any atom is 0.127 e. The van der Waals surface area contributed by atoms with Crippen molar-refractivity contribution in [3.63, 3.8) is 0 Å². The molecule has 1 aliphatic carbocycles. The minimum Gasteiger partial charge on any atom is -0.508 e. The normalized spacial score (nSPS) is 20.7. The van der Waals surface area contributed by atoms with Crippen molar-refractivity contribution in [3.8, 4) is 16.3 Å². The highest BCUT2D eigenvalue weighted by Crippen LogP contribution is 2.44. The first-order valence-electron chi connectivity index (χ1n) is 6.59. The number of aromatic hydroxyl groups is 1. The average Bonchev–Trinajstić information content (AvgIpc) is 2.69. The fraction of sp³-hybridized carbons (Fsp3) is 0.400. The monoisotopic (exact) mass is 292 g/mol. The van der Waals surface area contributed by atoms with E-state index < -0.39 is 5.82 Å². The number of thiazole rings is 1. The number of hydrogen-bond donors (Lipinski definition) is 2. The van der Waals surface area contributed by atoms with Crippen LogP contribution in [-0.4, -0.2) is 10.1 Å². The summed E-state index contributed by atoms with van der Waals surface area (Å²) in [6.07, 6.45) is 1.81. The van der Waals surface area contributed by atoms with Gasteiger partial charge >= 0.3 is 0 Å². The molecule has 1 unspecified atom stereocenters. The number of rotatable bonds is 1. The molecule has 1 atom stereocenters. The van der Waals surface area contributed by atoms with E-state index in [-0.39, 0.29) is 17.2 Å². The van der Waals surface area contributed by atoms with Gasteiger partial charge in [-0.2, -0.15) is 0 Å². The smallest absolute Gasteiger partial charge is 0.127 e. The first-order valence-corrected chi connectivity index (χ1v) is 7.41. The molecule has 1 aromatic carbocycles. The van der Waals surface area contributed by atoms with Gasteiger partial charge in [0.15, 0.2) is 0 Å². The Morgan fingerprint density at radius 1 is 1.40 bits per heavy atom. The summed E-state index contributed by atoms with van der Waals surface area (Å²) in [5, 5.41) is 10.2. The second-order valence-corrected chi connectivity index (χ2v) is 7.21. The minimum atomic E-state index is -0.460. The number of fused-ring (bicyclic) bond motifs is 1. The van der Waals surface area contributed by atoms with Gasteiger partial charge in [-0.1, -0.05) is 13.8 Å². The van der Waals surface area contributed by atoms with Crippen molar-refractivity contribution in [2.75, 3.05) is 0 Å². The zero-order valence-electron chi connectivity index (χ0n) is 11.5. The van der Waals surface area contributed by atoms with Crippen LogP contribution in [0, 0.1) is 11.2 Å². The molecule has 0 amide bonds. The number of benzene rings is 1. The van der Waals surface area contributed by atoms with Crippen LogP contribution in [0.4, 0.5) is 4.39 Å². The van der Waals surface area contributed by atoms with Crippen LogP contribution in [-0.2, 0) is 6.42 Å². The van der Waals surface area contributed by atoms with Gasteiger partial charge in [-0.3, -0.25) is 0 Å². The first kappa shape index (κ1) is 13.5. The Morgan fingerprint density at radius 3 is 2.85 bits per heavy atom. The van der Waals surface area contributed by atoms with Crippen molar-refractivity contribution in [3.05, 3.63) is 34.6 Å². The Kier molecular flexibility index (Phi) is 3.06. The molecule has 1 aliphatic rings. The number of hydrogen-bond acceptors (Lipinski definition) is 4. The Labute approximate surface area is 121 Å². The van der Waals surface area contributed by atoms with Crippen LogP contribution in [0.3, 0.4) is 0 Å². The molecule has 0 radical (unpaired) electrons. The fourth-order valence-electron chi connectivity index (χ4n) is 2.81. The van der Waals surface area contributed by atoms with Gasteiger partial charge in [-0.25, -0.2) is 9.37 Å². The molecule has 0 spiro atoms. The van der Waals surface area contributed by atoms with Gasteiger partial charge < -0.3 is 10.8 Å². The first-order chi connectivity index (χ1) is 9.34. The highest BCUT2D eigenvalue weighted by atomic mass is 32.1. The lowest BCUT2D eigenvalue weighted by molar-refractivity contribution is 0.282. The Hall–Kier alpha value is -1.46. The Balaban J connectivity index is 2.05. The summed E-state index contributed by atoms with van der Waals surface area (Å²) in [6.45, 7) is 4.37. The molecule has 0 saturated carbocycles. The van der Waals surface area contributed by atoms with Crippen LogP contribution in [0.25, 0.3) is 10.6 Å². The molecule has 0 fully saturated rings. The van der Waals surface area contributed by atoms with Crippen molar-refractivity contribution in [2.45, 2.75) is 32.7 Å². The molecule has 0 bridgehead atoms. The van der Waals surface area contributed by atoms with Gasteiger partial charge in [-0.05, 0) is 30.4 Å². The van der Waals surface area contributed by atoms with Gasteiger partial charge in [-0.15, -0.1) is 11.3 Å². The van der Waals surface area contributed by atoms with E-state index >= 15 is 0 Å². The van der Waals surface area contributed by atoms with Crippen LogP contribution >= 0.6 is 11.3 Å². The van der Waals surface area contributed by atoms with E-state index in [0.29, 0.717) is 5.56 Å². The van der Waals surface area contributed by atoms with Crippen molar-refractivity contribution >= 4 is 11.3 Å². The van der Waals surface area contributed by atoms with Crippen molar-refractivity contribution in [1.29, 1.82) is 0 Å². The lowest BCUT2D eigenvalue weighted by atomic mass is 9.77. The van der Waals surface area contributed by atoms with E-state index in [1.54, 1.807) is 0 Å². The molecule has 106 valence electrons. The second-order valence-electron chi connectivity index (χ2n) is 6.18. The van der Waals surface area contributed by atoms with Crippen LogP contribution in [0.1, 0.15) is 36.9 Å². The Bertz CT molecular complexity index is 646. The largest absolute Gasteiger partial charge is 0.508 e. The second kappa shape index (κ2) is 4.53. The summed E-state index contributed by atoms with van der Waals surface area (Å²) in [5.41, 5.74) is 7.98. The lowest BCUT2D eigenvalue weighted by Crippen LogP contribution is -2.28. The average molecular weight is 292 g/mol. The predicted octanol–water partition coefficient (Wildman–Crippen LogP) is 3.63. The zero-order chi connectivity index (χ0) is 14.5. The van der Waals surface area contributed by atoms with E-state index in [4.69, 9.17) is 5.73 Å². The third-order valence-electron chi connectivity index (χ3n) is 3.61. The topological polar surface area (TPSA) is 59.1 Å². The summed E-state index contributed by atoms with van der Waals surface area (Å²) in [7, 11) is 0. The SMILES string of the molecule is CC1(C)Cc2nc(-c3cc(O)cc(F)c3)sc2C(N)C1. The maximum atomic E-state index is 13.4. The predicted molar refractivity (Wildman–Crippen MR) is 78.2 cm³/mol. The van der Waals surface area contributed by atoms with Crippen LogP contribution < -0.4 is 5.73 Å². The molecule has 1 heterocycles. The highest BCUT2D eigenvalue weighted by Gasteiger charge is 2.33. The van der Waals surface area contributed by atoms with E-state index in [1.807, 2.05) is 0 Å². The number of nitrogens with zero attached hydrogens (tertiary/aromatic N) is 1. The molecule has 20 heavy (non-hydrogen) atoms. The molecular weight excluding hydrogens is 275 g/mol. The number of halogens is 1. The van der Waals surface area contributed by atoms with E-state index in [1.165, 1.54) is 23.5 Å². The summed E-state index contributed by atoms with van der Waals surface area (Å²) < 4.78 is 13.4. The zero-order valence-corrected chi connectivity index (χ0v) is 12.3. The summed E-state index contributed by atoms with van der Waals surface area (Å²) >= 11 is 1.50. The summed E-state index contributed by atoms with van der Waals surface area (Å²) in [5.74, 6) is -0.546. The van der Waals surface area contributed by atoms with Crippen molar-refractivity contribution in [1.82, 2.24) is 4.98 Å². The molecule has 2 aromatic rings. The van der Waals surface area contributed by atoms with Gasteiger partial charge in [0.1, 0.15) is 16.6 Å². The number of nitrogens with two attached hydrogens (primary N) is 1. The third kappa shape index (κ3) is 2.43. The van der Waals surface area contributed by atoms with Crippen LogP contribution in [0.15, 0.2) is 18.2 Å². The molecule has 3 rings (SSSR count). The van der Waals surface area contributed by atoms with Gasteiger partial charge in [0.05, 0.1) is 5.69 Å². The lowest BCUT2D eigenvalue weighted by Gasteiger charge is -2.32. The van der Waals surface area contributed by atoms with Gasteiger partial charge in [0.2, 0.25) is 0 Å². The highest BCUT2D eigenvalue weighted by molar-refractivity contribution is 7.15. The molecule has 0 aliphatic heterocycles. The molecular formula is C15H17FN2OS. The van der Waals surface area contributed by atoms with E-state index in [2.05, 4.69) is 18.8 Å². The molecule has 5 heteroatoms.